The van der Waals surface area contributed by atoms with E-state index in [0.29, 0.717) is 29.5 Å². The first-order valence-corrected chi connectivity index (χ1v) is 17.9. The maximum Gasteiger partial charge on any atom is 0.474 e. The van der Waals surface area contributed by atoms with E-state index in [-0.39, 0.29) is 19.6 Å². The number of carbonyl (C=O) groups is 1. The van der Waals surface area contributed by atoms with E-state index in [1.165, 1.54) is 6.07 Å². The minimum Gasteiger partial charge on any atom is -0.453 e. The van der Waals surface area contributed by atoms with Crippen molar-refractivity contribution in [3.8, 4) is 0 Å². The maximum absolute atomic E-state index is 15.9. The van der Waals surface area contributed by atoms with Gasteiger partial charge in [0.15, 0.2) is 6.10 Å². The lowest BCUT2D eigenvalue weighted by Crippen LogP contribution is -2.44. The molecule has 0 radical (unpaired) electrons. The second-order valence-corrected chi connectivity index (χ2v) is 13.1. The molecule has 0 aliphatic carbocycles. The van der Waals surface area contributed by atoms with Crippen molar-refractivity contribution >= 4 is 13.8 Å². The maximum atomic E-state index is 15.9. The molecule has 0 aromatic carbocycles. The molecule has 0 amide bonds. The number of phosphoric ester groups is 1. The standard InChI is InChI=1S/C31H53F2N2O8P/c1-5-8-11-14-15-16-19-27(36)43-28-26(42-29(31(28,32)33)35-21-20-25(4)34-30(35)37)24-41-44(38,39-22-17-12-9-6-2)40-23-18-13-10-7-3/h20-21,26,28-29H,5-19,22-24H2,1-4H3/t26-,28-,29-/m1/s1. The van der Waals surface area contributed by atoms with Crippen LogP contribution in [-0.4, -0.2) is 53.5 Å². The van der Waals surface area contributed by atoms with E-state index in [4.69, 9.17) is 23.0 Å². The average molecular weight is 651 g/mol. The van der Waals surface area contributed by atoms with Gasteiger partial charge in [-0.05, 0) is 32.3 Å². The van der Waals surface area contributed by atoms with Crippen molar-refractivity contribution in [2.75, 3.05) is 19.8 Å². The van der Waals surface area contributed by atoms with E-state index in [1.807, 2.05) is 0 Å². The monoisotopic (exact) mass is 650 g/mol. The number of rotatable bonds is 24. The molecule has 0 unspecified atom stereocenters. The van der Waals surface area contributed by atoms with Gasteiger partial charge in [-0.15, -0.1) is 0 Å². The summed E-state index contributed by atoms with van der Waals surface area (Å²) in [7, 11) is -4.16. The Labute approximate surface area is 261 Å². The molecule has 44 heavy (non-hydrogen) atoms. The summed E-state index contributed by atoms with van der Waals surface area (Å²) >= 11 is 0. The number of phosphoric acid groups is 1. The van der Waals surface area contributed by atoms with Gasteiger partial charge in [-0.25, -0.2) is 9.36 Å². The molecule has 1 fully saturated rings. The summed E-state index contributed by atoms with van der Waals surface area (Å²) in [6, 6.07) is 1.40. The van der Waals surface area contributed by atoms with Crippen LogP contribution in [0.25, 0.3) is 0 Å². The van der Waals surface area contributed by atoms with Crippen LogP contribution in [0.3, 0.4) is 0 Å². The molecular formula is C31H53F2N2O8P. The number of carbonyl (C=O) groups excluding carboxylic acids is 1. The Kier molecular flexibility index (Phi) is 17.8. The molecule has 2 heterocycles. The third kappa shape index (κ3) is 12.9. The van der Waals surface area contributed by atoms with Gasteiger partial charge in [-0.1, -0.05) is 91.4 Å². The van der Waals surface area contributed by atoms with Gasteiger partial charge in [0.2, 0.25) is 6.23 Å². The van der Waals surface area contributed by atoms with Gasteiger partial charge in [0.25, 0.3) is 0 Å². The average Bonchev–Trinajstić information content (AvgIpc) is 3.22. The molecule has 13 heteroatoms. The highest BCUT2D eigenvalue weighted by atomic mass is 31.2. The van der Waals surface area contributed by atoms with Crippen molar-refractivity contribution in [2.45, 2.75) is 148 Å². The van der Waals surface area contributed by atoms with Gasteiger partial charge >= 0.3 is 25.4 Å². The molecule has 0 spiro atoms. The van der Waals surface area contributed by atoms with Crippen LogP contribution >= 0.6 is 7.82 Å². The summed E-state index contributed by atoms with van der Waals surface area (Å²) in [6.07, 6.45) is 7.76. The SMILES string of the molecule is CCCCCCCCC(=O)O[C@@H]1[C@@H](COP(=O)(OCCCCCC)OCCCCCC)O[C@@H](n2ccc(C)nc2=O)C1(F)F. The third-order valence-electron chi connectivity index (χ3n) is 7.46. The van der Waals surface area contributed by atoms with Gasteiger partial charge < -0.3 is 9.47 Å². The summed E-state index contributed by atoms with van der Waals surface area (Å²) < 4.78 is 73.5. The first-order chi connectivity index (χ1) is 21.1. The molecule has 0 saturated carbocycles. The fourth-order valence-electron chi connectivity index (χ4n) is 4.86. The highest BCUT2D eigenvalue weighted by Gasteiger charge is 2.62. The summed E-state index contributed by atoms with van der Waals surface area (Å²) in [5.41, 5.74) is -0.590. The van der Waals surface area contributed by atoms with Crippen molar-refractivity contribution in [1.82, 2.24) is 9.55 Å². The number of nitrogens with zero attached hydrogens (tertiary/aromatic N) is 2. The molecule has 1 aromatic heterocycles. The molecule has 1 saturated heterocycles. The number of unbranched alkanes of at least 4 members (excludes halogenated alkanes) is 11. The molecule has 0 bridgehead atoms. The van der Waals surface area contributed by atoms with Gasteiger partial charge in [0.05, 0.1) is 19.8 Å². The number of alkyl halides is 2. The largest absolute Gasteiger partial charge is 0.474 e. The molecule has 1 aliphatic heterocycles. The van der Waals surface area contributed by atoms with Crippen molar-refractivity contribution in [3.05, 3.63) is 28.4 Å². The van der Waals surface area contributed by atoms with E-state index < -0.39 is 50.4 Å². The van der Waals surface area contributed by atoms with Crippen LogP contribution in [0.5, 0.6) is 0 Å². The van der Waals surface area contributed by atoms with Crippen molar-refractivity contribution in [2.24, 2.45) is 0 Å². The van der Waals surface area contributed by atoms with Gasteiger partial charge in [-0.2, -0.15) is 13.8 Å². The van der Waals surface area contributed by atoms with E-state index in [1.54, 1.807) is 6.92 Å². The molecular weight excluding hydrogens is 597 g/mol. The summed E-state index contributed by atoms with van der Waals surface area (Å²) in [5.74, 6) is -4.63. The molecule has 1 aliphatic rings. The van der Waals surface area contributed by atoms with Crippen molar-refractivity contribution in [3.63, 3.8) is 0 Å². The van der Waals surface area contributed by atoms with Crippen LogP contribution in [0.4, 0.5) is 8.78 Å². The molecule has 0 N–H and O–H groups in total. The quantitative estimate of drug-likeness (QED) is 0.0622. The van der Waals surface area contributed by atoms with E-state index >= 15 is 8.78 Å². The lowest BCUT2D eigenvalue weighted by atomic mass is 10.1. The number of ether oxygens (including phenoxy) is 2. The minimum absolute atomic E-state index is 0.0385. The number of hydrogen-bond acceptors (Lipinski definition) is 9. The minimum atomic E-state index is -4.16. The normalized spacial score (nSPS) is 19.8. The van der Waals surface area contributed by atoms with Crippen molar-refractivity contribution < 1.29 is 41.2 Å². The van der Waals surface area contributed by atoms with Crippen molar-refractivity contribution in [1.29, 1.82) is 0 Å². The van der Waals surface area contributed by atoms with Crippen LogP contribution in [0, 0.1) is 6.92 Å². The zero-order chi connectivity index (χ0) is 32.4. The Balaban J connectivity index is 2.18. The fraction of sp³-hybridized carbons (Fsp3) is 0.839. The smallest absolute Gasteiger partial charge is 0.453 e. The molecule has 2 rings (SSSR count). The number of aryl methyl sites for hydroxylation is 1. The Hall–Kier alpha value is -1.72. The Morgan fingerprint density at radius 3 is 2.02 bits per heavy atom. The molecule has 3 atom stereocenters. The van der Waals surface area contributed by atoms with E-state index in [0.717, 1.165) is 76.8 Å². The second-order valence-electron chi connectivity index (χ2n) is 11.4. The summed E-state index contributed by atoms with van der Waals surface area (Å²) in [4.78, 5) is 28.9. The van der Waals surface area contributed by atoms with Gasteiger partial charge in [-0.3, -0.25) is 22.9 Å². The Morgan fingerprint density at radius 1 is 0.909 bits per heavy atom. The predicted molar refractivity (Wildman–Crippen MR) is 164 cm³/mol. The number of halogens is 2. The highest BCUT2D eigenvalue weighted by molar-refractivity contribution is 7.48. The van der Waals surface area contributed by atoms with Crippen LogP contribution in [-0.2, 0) is 32.4 Å². The molecule has 1 aromatic rings. The Bertz CT molecular complexity index is 1060. The van der Waals surface area contributed by atoms with Gasteiger partial charge in [0.1, 0.15) is 6.10 Å². The topological polar surface area (TPSA) is 115 Å². The lowest BCUT2D eigenvalue weighted by Gasteiger charge is -2.25. The summed E-state index contributed by atoms with van der Waals surface area (Å²) in [5, 5.41) is 0. The van der Waals surface area contributed by atoms with E-state index in [9.17, 15) is 14.2 Å². The summed E-state index contributed by atoms with van der Waals surface area (Å²) in [6.45, 7) is 7.34. The number of aromatic nitrogens is 2. The van der Waals surface area contributed by atoms with E-state index in [2.05, 4.69) is 25.8 Å². The fourth-order valence-corrected chi connectivity index (χ4v) is 6.12. The van der Waals surface area contributed by atoms with Crippen LogP contribution < -0.4 is 5.69 Å². The number of esters is 1. The van der Waals surface area contributed by atoms with Gasteiger partial charge in [0, 0.05) is 18.3 Å². The Morgan fingerprint density at radius 2 is 1.45 bits per heavy atom. The lowest BCUT2D eigenvalue weighted by molar-refractivity contribution is -0.176. The molecule has 10 nitrogen and oxygen atoms in total. The highest BCUT2D eigenvalue weighted by Crippen LogP contribution is 2.52. The van der Waals surface area contributed by atoms with Crippen LogP contribution in [0.2, 0.25) is 0 Å². The first-order valence-electron chi connectivity index (χ1n) is 16.4. The third-order valence-corrected chi connectivity index (χ3v) is 8.92. The second kappa shape index (κ2) is 20.4. The predicted octanol–water partition coefficient (Wildman–Crippen LogP) is 8.07. The zero-order valence-electron chi connectivity index (χ0n) is 27.0. The molecule has 254 valence electrons. The van der Waals surface area contributed by atoms with Crippen LogP contribution in [0.1, 0.15) is 129 Å². The number of hydrogen-bond donors (Lipinski definition) is 0. The van der Waals surface area contributed by atoms with Crippen LogP contribution in [0.15, 0.2) is 17.1 Å². The zero-order valence-corrected chi connectivity index (χ0v) is 27.9. The first kappa shape index (κ1) is 38.5.